The van der Waals surface area contributed by atoms with Crippen LogP contribution < -0.4 is 0 Å². The normalized spacial score (nSPS) is 13.1. The zero-order chi connectivity index (χ0) is 14.6. The Kier molecular flexibility index (Phi) is 4.61. The van der Waals surface area contributed by atoms with Gasteiger partial charge in [-0.15, -0.1) is 0 Å². The largest absolute Gasteiger partial charge is 0.223 e. The Labute approximate surface area is 121 Å². The van der Waals surface area contributed by atoms with Crippen LogP contribution in [0.15, 0.2) is 59.5 Å². The Hall–Kier alpha value is -1.61. The minimum Gasteiger partial charge on any atom is -0.223 e. The fourth-order valence-electron chi connectivity index (χ4n) is 2.32. The lowest BCUT2D eigenvalue weighted by atomic mass is 10.1. The van der Waals surface area contributed by atoms with Gasteiger partial charge in [0.15, 0.2) is 9.84 Å². The maximum atomic E-state index is 12.8. The van der Waals surface area contributed by atoms with E-state index in [-0.39, 0.29) is 0 Å². The van der Waals surface area contributed by atoms with Crippen LogP contribution in [0.25, 0.3) is 0 Å². The SMILES string of the molecule is CCCC(c1ccccc1)S(=O)(=O)c1ccc(C)cc1. The molecule has 2 nitrogen and oxygen atoms in total. The summed E-state index contributed by atoms with van der Waals surface area (Å²) in [6.07, 6.45) is 1.48. The number of aryl methyl sites for hydroxylation is 1. The first-order valence-corrected chi connectivity index (χ1v) is 8.46. The van der Waals surface area contributed by atoms with E-state index in [1.807, 2.05) is 56.3 Å². The second-order valence-electron chi connectivity index (χ2n) is 5.05. The zero-order valence-corrected chi connectivity index (χ0v) is 12.7. The van der Waals surface area contributed by atoms with E-state index >= 15 is 0 Å². The quantitative estimate of drug-likeness (QED) is 0.821. The lowest BCUT2D eigenvalue weighted by molar-refractivity contribution is 0.573. The minimum atomic E-state index is -3.33. The van der Waals surface area contributed by atoms with Crippen LogP contribution in [0.2, 0.25) is 0 Å². The van der Waals surface area contributed by atoms with Gasteiger partial charge in [-0.1, -0.05) is 61.4 Å². The third kappa shape index (κ3) is 3.10. The molecule has 1 unspecified atom stereocenters. The molecule has 0 N–H and O–H groups in total. The lowest BCUT2D eigenvalue weighted by Crippen LogP contribution is -2.13. The smallest absolute Gasteiger partial charge is 0.185 e. The van der Waals surface area contributed by atoms with Gasteiger partial charge in [-0.05, 0) is 31.0 Å². The monoisotopic (exact) mass is 288 g/mol. The Balaban J connectivity index is 2.45. The molecule has 2 aromatic rings. The van der Waals surface area contributed by atoms with Gasteiger partial charge >= 0.3 is 0 Å². The summed E-state index contributed by atoms with van der Waals surface area (Å²) < 4.78 is 25.7. The predicted octanol–water partition coefficient (Wildman–Crippen LogP) is 4.31. The Morgan fingerprint density at radius 2 is 1.55 bits per heavy atom. The fraction of sp³-hybridized carbons (Fsp3) is 0.294. The molecule has 0 aliphatic rings. The third-order valence-electron chi connectivity index (χ3n) is 3.45. The third-order valence-corrected chi connectivity index (χ3v) is 5.63. The van der Waals surface area contributed by atoms with Gasteiger partial charge in [0, 0.05) is 0 Å². The van der Waals surface area contributed by atoms with Crippen molar-refractivity contribution < 1.29 is 8.42 Å². The molecule has 0 aliphatic heterocycles. The number of hydrogen-bond donors (Lipinski definition) is 0. The lowest BCUT2D eigenvalue weighted by Gasteiger charge is -2.17. The van der Waals surface area contributed by atoms with Crippen molar-refractivity contribution in [2.24, 2.45) is 0 Å². The highest BCUT2D eigenvalue weighted by molar-refractivity contribution is 7.91. The minimum absolute atomic E-state index is 0.408. The van der Waals surface area contributed by atoms with Crippen molar-refractivity contribution in [3.8, 4) is 0 Å². The summed E-state index contributed by atoms with van der Waals surface area (Å²) in [7, 11) is -3.33. The molecule has 0 amide bonds. The molecular formula is C17H20O2S. The van der Waals surface area contributed by atoms with Crippen LogP contribution in [-0.2, 0) is 9.84 Å². The first-order chi connectivity index (χ1) is 9.55. The molecule has 20 heavy (non-hydrogen) atoms. The molecule has 0 saturated carbocycles. The first-order valence-electron chi connectivity index (χ1n) is 6.91. The van der Waals surface area contributed by atoms with Gasteiger partial charge in [-0.2, -0.15) is 0 Å². The second kappa shape index (κ2) is 6.23. The predicted molar refractivity (Wildman–Crippen MR) is 82.5 cm³/mol. The van der Waals surface area contributed by atoms with E-state index in [1.165, 1.54) is 0 Å². The van der Waals surface area contributed by atoms with E-state index in [0.717, 1.165) is 17.5 Å². The van der Waals surface area contributed by atoms with Crippen molar-refractivity contribution >= 4 is 9.84 Å². The summed E-state index contributed by atoms with van der Waals surface area (Å²) in [5.41, 5.74) is 1.94. The summed E-state index contributed by atoms with van der Waals surface area (Å²) in [6.45, 7) is 3.97. The summed E-state index contributed by atoms with van der Waals surface area (Å²) in [5.74, 6) is 0. The fourth-order valence-corrected chi connectivity index (χ4v) is 4.23. The standard InChI is InChI=1S/C17H20O2S/c1-3-7-17(15-8-5-4-6-9-15)20(18,19)16-12-10-14(2)11-13-16/h4-6,8-13,17H,3,7H2,1-2H3. The maximum Gasteiger partial charge on any atom is 0.185 e. The van der Waals surface area contributed by atoms with Crippen LogP contribution >= 0.6 is 0 Å². The van der Waals surface area contributed by atoms with E-state index in [9.17, 15) is 8.42 Å². The van der Waals surface area contributed by atoms with Gasteiger partial charge in [0.1, 0.15) is 0 Å². The summed E-state index contributed by atoms with van der Waals surface area (Å²) in [4.78, 5) is 0.408. The van der Waals surface area contributed by atoms with Gasteiger partial charge in [-0.3, -0.25) is 0 Å². The van der Waals surface area contributed by atoms with E-state index in [0.29, 0.717) is 11.3 Å². The Morgan fingerprint density at radius 3 is 2.10 bits per heavy atom. The second-order valence-corrected chi connectivity index (χ2v) is 7.18. The molecule has 1 atom stereocenters. The molecule has 106 valence electrons. The highest BCUT2D eigenvalue weighted by Crippen LogP contribution is 2.32. The van der Waals surface area contributed by atoms with Crippen molar-refractivity contribution in [1.29, 1.82) is 0 Å². The van der Waals surface area contributed by atoms with Crippen LogP contribution in [0.5, 0.6) is 0 Å². The van der Waals surface area contributed by atoms with E-state index in [4.69, 9.17) is 0 Å². The van der Waals surface area contributed by atoms with Crippen molar-refractivity contribution in [2.75, 3.05) is 0 Å². The molecule has 0 saturated heterocycles. The van der Waals surface area contributed by atoms with Gasteiger partial charge in [0.05, 0.1) is 10.1 Å². The molecule has 0 fully saturated rings. The van der Waals surface area contributed by atoms with Gasteiger partial charge in [0.25, 0.3) is 0 Å². The van der Waals surface area contributed by atoms with Gasteiger partial charge in [-0.25, -0.2) is 8.42 Å². The van der Waals surface area contributed by atoms with Crippen molar-refractivity contribution in [3.63, 3.8) is 0 Å². The van der Waals surface area contributed by atoms with Crippen LogP contribution in [0.4, 0.5) is 0 Å². The van der Waals surface area contributed by atoms with Crippen LogP contribution in [0.3, 0.4) is 0 Å². The molecule has 0 bridgehead atoms. The van der Waals surface area contributed by atoms with Crippen LogP contribution in [0, 0.1) is 6.92 Å². The van der Waals surface area contributed by atoms with Gasteiger partial charge < -0.3 is 0 Å². The summed E-state index contributed by atoms with van der Waals surface area (Å²) >= 11 is 0. The number of hydrogen-bond acceptors (Lipinski definition) is 2. The van der Waals surface area contributed by atoms with E-state index < -0.39 is 15.1 Å². The molecule has 0 radical (unpaired) electrons. The van der Waals surface area contributed by atoms with Crippen molar-refractivity contribution in [3.05, 3.63) is 65.7 Å². The zero-order valence-electron chi connectivity index (χ0n) is 11.9. The van der Waals surface area contributed by atoms with E-state index in [2.05, 4.69) is 0 Å². The van der Waals surface area contributed by atoms with E-state index in [1.54, 1.807) is 12.1 Å². The highest BCUT2D eigenvalue weighted by Gasteiger charge is 2.27. The molecule has 0 spiro atoms. The number of sulfone groups is 1. The number of benzene rings is 2. The van der Waals surface area contributed by atoms with Crippen LogP contribution in [-0.4, -0.2) is 8.42 Å². The highest BCUT2D eigenvalue weighted by atomic mass is 32.2. The van der Waals surface area contributed by atoms with Crippen molar-refractivity contribution in [1.82, 2.24) is 0 Å². The summed E-state index contributed by atoms with van der Waals surface area (Å²) in [5, 5.41) is -0.462. The molecule has 0 heterocycles. The Bertz CT molecular complexity index is 643. The molecule has 2 aromatic carbocycles. The molecule has 0 aromatic heterocycles. The molecule has 2 rings (SSSR count). The molecular weight excluding hydrogens is 268 g/mol. The van der Waals surface area contributed by atoms with Gasteiger partial charge in [0.2, 0.25) is 0 Å². The Morgan fingerprint density at radius 1 is 0.950 bits per heavy atom. The first kappa shape index (κ1) is 14.8. The van der Waals surface area contributed by atoms with Crippen LogP contribution in [0.1, 0.15) is 36.1 Å². The number of rotatable bonds is 5. The summed E-state index contributed by atoms with van der Waals surface area (Å²) in [6, 6.07) is 16.6. The average Bonchev–Trinajstić information content (AvgIpc) is 2.46. The topological polar surface area (TPSA) is 34.1 Å². The average molecular weight is 288 g/mol. The molecule has 0 aliphatic carbocycles. The molecule has 3 heteroatoms. The van der Waals surface area contributed by atoms with Crippen molar-refractivity contribution in [2.45, 2.75) is 36.8 Å². The maximum absolute atomic E-state index is 12.8.